The van der Waals surface area contributed by atoms with Gasteiger partial charge >= 0.3 is 0 Å². The van der Waals surface area contributed by atoms with Gasteiger partial charge in [0.05, 0.1) is 11.8 Å². The molecule has 2 rings (SSSR count). The van der Waals surface area contributed by atoms with E-state index in [-0.39, 0.29) is 17.3 Å². The number of hydrazone groups is 1. The van der Waals surface area contributed by atoms with Crippen LogP contribution in [0.3, 0.4) is 0 Å². The Morgan fingerprint density at radius 3 is 2.31 bits per heavy atom. The van der Waals surface area contributed by atoms with Crippen molar-refractivity contribution in [3.05, 3.63) is 71.3 Å². The van der Waals surface area contributed by atoms with Crippen LogP contribution < -0.4 is 10.7 Å². The van der Waals surface area contributed by atoms with Crippen LogP contribution in [-0.4, -0.2) is 24.1 Å². The van der Waals surface area contributed by atoms with Crippen LogP contribution in [0.4, 0.5) is 8.78 Å². The monoisotopic (exact) mass is 359 g/mol. The fraction of sp³-hybridized carbons (Fsp3) is 0.211. The fourth-order valence-electron chi connectivity index (χ4n) is 2.19. The fourth-order valence-corrected chi connectivity index (χ4v) is 2.19. The number of nitrogens with zero attached hydrogens (tertiary/aromatic N) is 1. The minimum absolute atomic E-state index is 0.138. The Morgan fingerprint density at radius 1 is 1.04 bits per heavy atom. The van der Waals surface area contributed by atoms with E-state index in [4.69, 9.17) is 0 Å². The van der Waals surface area contributed by atoms with Gasteiger partial charge < -0.3 is 5.32 Å². The van der Waals surface area contributed by atoms with E-state index in [0.29, 0.717) is 5.56 Å². The maximum atomic E-state index is 13.7. The lowest BCUT2D eigenvalue weighted by Crippen LogP contribution is -2.48. The third-order valence-corrected chi connectivity index (χ3v) is 3.61. The molecule has 0 fully saturated rings. The number of nitrogens with one attached hydrogen (secondary N) is 2. The highest BCUT2D eigenvalue weighted by atomic mass is 19.1. The molecule has 0 saturated carbocycles. The van der Waals surface area contributed by atoms with Gasteiger partial charge in [-0.2, -0.15) is 5.10 Å². The minimum atomic E-state index is -0.896. The number of hydrogen-bond acceptors (Lipinski definition) is 3. The number of rotatable bonds is 6. The van der Waals surface area contributed by atoms with Gasteiger partial charge in [-0.3, -0.25) is 9.59 Å². The summed E-state index contributed by atoms with van der Waals surface area (Å²) in [5.41, 5.74) is 2.79. The SMILES string of the molecule is CC(C)C(NC(=O)c1ccccc1F)C(=O)N/N=C/c1ccc(F)cc1. The quantitative estimate of drug-likeness (QED) is 0.615. The Kier molecular flexibility index (Phi) is 6.54. The maximum Gasteiger partial charge on any atom is 0.262 e. The molecule has 0 aromatic heterocycles. The predicted molar refractivity (Wildman–Crippen MR) is 94.6 cm³/mol. The smallest absolute Gasteiger partial charge is 0.262 e. The van der Waals surface area contributed by atoms with Gasteiger partial charge in [0.25, 0.3) is 11.8 Å². The van der Waals surface area contributed by atoms with E-state index in [1.165, 1.54) is 54.7 Å². The molecular weight excluding hydrogens is 340 g/mol. The van der Waals surface area contributed by atoms with Crippen molar-refractivity contribution in [2.45, 2.75) is 19.9 Å². The van der Waals surface area contributed by atoms with Crippen LogP contribution >= 0.6 is 0 Å². The van der Waals surface area contributed by atoms with Gasteiger partial charge in [0.1, 0.15) is 17.7 Å². The van der Waals surface area contributed by atoms with E-state index in [1.54, 1.807) is 13.8 Å². The molecule has 2 aromatic carbocycles. The average molecular weight is 359 g/mol. The summed E-state index contributed by atoms with van der Waals surface area (Å²) >= 11 is 0. The first kappa shape index (κ1) is 19.2. The second-order valence-corrected chi connectivity index (χ2v) is 5.96. The van der Waals surface area contributed by atoms with Gasteiger partial charge in [-0.15, -0.1) is 0 Å². The van der Waals surface area contributed by atoms with Crippen molar-refractivity contribution in [1.82, 2.24) is 10.7 Å². The van der Waals surface area contributed by atoms with Crippen LogP contribution in [0.15, 0.2) is 53.6 Å². The summed E-state index contributed by atoms with van der Waals surface area (Å²) in [6.45, 7) is 3.49. The van der Waals surface area contributed by atoms with Crippen molar-refractivity contribution < 1.29 is 18.4 Å². The Balaban J connectivity index is 2.02. The third-order valence-electron chi connectivity index (χ3n) is 3.61. The van der Waals surface area contributed by atoms with Crippen LogP contribution in [0.5, 0.6) is 0 Å². The molecule has 0 saturated heterocycles. The molecule has 2 aromatic rings. The molecule has 1 unspecified atom stereocenters. The molecule has 0 bridgehead atoms. The molecule has 7 heteroatoms. The summed E-state index contributed by atoms with van der Waals surface area (Å²) in [5.74, 6) is -2.50. The second kappa shape index (κ2) is 8.84. The van der Waals surface area contributed by atoms with Crippen LogP contribution in [0.25, 0.3) is 0 Å². The molecular formula is C19H19F2N3O2. The summed E-state index contributed by atoms with van der Waals surface area (Å²) in [4.78, 5) is 24.5. The number of benzene rings is 2. The summed E-state index contributed by atoms with van der Waals surface area (Å²) in [6.07, 6.45) is 1.35. The number of amides is 2. The molecule has 2 N–H and O–H groups in total. The molecule has 0 aliphatic rings. The summed E-state index contributed by atoms with van der Waals surface area (Å²) in [7, 11) is 0. The van der Waals surface area contributed by atoms with Crippen LogP contribution in [0.2, 0.25) is 0 Å². The standard InChI is InChI=1S/C19H19F2N3O2/c1-12(2)17(23-18(25)15-5-3-4-6-16(15)21)19(26)24-22-11-13-7-9-14(20)10-8-13/h3-12,17H,1-2H3,(H,23,25)(H,24,26)/b22-11+. The van der Waals surface area contributed by atoms with E-state index in [1.807, 2.05) is 0 Å². The maximum absolute atomic E-state index is 13.7. The lowest BCUT2D eigenvalue weighted by molar-refractivity contribution is -0.123. The second-order valence-electron chi connectivity index (χ2n) is 5.96. The van der Waals surface area contributed by atoms with E-state index < -0.39 is 23.7 Å². The molecule has 5 nitrogen and oxygen atoms in total. The molecule has 0 aliphatic heterocycles. The van der Waals surface area contributed by atoms with Gasteiger partial charge in [0.15, 0.2) is 0 Å². The Labute approximate surface area is 150 Å². The summed E-state index contributed by atoms with van der Waals surface area (Å²) < 4.78 is 26.5. The first-order chi connectivity index (χ1) is 12.4. The van der Waals surface area contributed by atoms with Crippen molar-refractivity contribution >= 4 is 18.0 Å². The Morgan fingerprint density at radius 2 is 1.69 bits per heavy atom. The Hall–Kier alpha value is -3.09. The highest BCUT2D eigenvalue weighted by Gasteiger charge is 2.25. The summed E-state index contributed by atoms with van der Waals surface area (Å²) in [6, 6.07) is 10.2. The topological polar surface area (TPSA) is 70.6 Å². The molecule has 2 amide bonds. The predicted octanol–water partition coefficient (Wildman–Crippen LogP) is 2.87. The van der Waals surface area contributed by atoms with E-state index >= 15 is 0 Å². The van der Waals surface area contributed by atoms with Gasteiger partial charge in [0.2, 0.25) is 0 Å². The summed E-state index contributed by atoms with van der Waals surface area (Å²) in [5, 5.41) is 6.31. The van der Waals surface area contributed by atoms with Gasteiger partial charge in [-0.1, -0.05) is 38.1 Å². The van der Waals surface area contributed by atoms with Gasteiger partial charge in [-0.25, -0.2) is 14.2 Å². The molecule has 0 spiro atoms. The Bertz CT molecular complexity index is 805. The van der Waals surface area contributed by atoms with Crippen molar-refractivity contribution in [3.8, 4) is 0 Å². The van der Waals surface area contributed by atoms with Crippen molar-refractivity contribution in [2.75, 3.05) is 0 Å². The van der Waals surface area contributed by atoms with Crippen molar-refractivity contribution in [3.63, 3.8) is 0 Å². The molecule has 0 aliphatic carbocycles. The van der Waals surface area contributed by atoms with Crippen molar-refractivity contribution in [1.29, 1.82) is 0 Å². The van der Waals surface area contributed by atoms with Crippen LogP contribution in [0, 0.1) is 17.6 Å². The zero-order chi connectivity index (χ0) is 19.1. The minimum Gasteiger partial charge on any atom is -0.340 e. The normalized spacial score (nSPS) is 12.2. The third kappa shape index (κ3) is 5.20. The number of carbonyl (C=O) groups is 2. The van der Waals surface area contributed by atoms with Crippen molar-refractivity contribution in [2.24, 2.45) is 11.0 Å². The molecule has 1 atom stereocenters. The first-order valence-corrected chi connectivity index (χ1v) is 8.02. The number of halogens is 2. The average Bonchev–Trinajstić information content (AvgIpc) is 2.61. The lowest BCUT2D eigenvalue weighted by Gasteiger charge is -2.20. The molecule has 26 heavy (non-hydrogen) atoms. The van der Waals surface area contributed by atoms with E-state index in [2.05, 4.69) is 15.8 Å². The highest BCUT2D eigenvalue weighted by molar-refractivity contribution is 5.98. The molecule has 0 heterocycles. The van der Waals surface area contributed by atoms with Crippen LogP contribution in [0.1, 0.15) is 29.8 Å². The van der Waals surface area contributed by atoms with Gasteiger partial charge in [-0.05, 0) is 35.7 Å². The largest absolute Gasteiger partial charge is 0.340 e. The van der Waals surface area contributed by atoms with E-state index in [9.17, 15) is 18.4 Å². The number of hydrogen-bond donors (Lipinski definition) is 2. The molecule has 0 radical (unpaired) electrons. The zero-order valence-electron chi connectivity index (χ0n) is 14.4. The first-order valence-electron chi connectivity index (χ1n) is 8.02. The van der Waals surface area contributed by atoms with Crippen LogP contribution in [-0.2, 0) is 4.79 Å². The molecule has 136 valence electrons. The van der Waals surface area contributed by atoms with Gasteiger partial charge in [0, 0.05) is 0 Å². The number of carbonyl (C=O) groups excluding carboxylic acids is 2. The lowest BCUT2D eigenvalue weighted by atomic mass is 10.0. The van der Waals surface area contributed by atoms with E-state index in [0.717, 1.165) is 0 Å². The highest BCUT2D eigenvalue weighted by Crippen LogP contribution is 2.09. The zero-order valence-corrected chi connectivity index (χ0v) is 14.4.